The van der Waals surface area contributed by atoms with E-state index in [1.54, 1.807) is 30.5 Å². The standard InChI is InChI=1S/C19H16ClN5O2/c1-2-21-19(27)14-9-13(6-7-15(14)20)25-18(26)12-10-23-17(24-11-12)16-5-3-4-8-22-16/h3-11H,2H2,1H3,(H,21,27)(H,25,26). The van der Waals surface area contributed by atoms with Crippen LogP contribution in [0.4, 0.5) is 5.69 Å². The van der Waals surface area contributed by atoms with Crippen molar-refractivity contribution in [2.45, 2.75) is 6.92 Å². The van der Waals surface area contributed by atoms with Crippen molar-refractivity contribution in [3.05, 3.63) is 71.1 Å². The molecule has 3 rings (SSSR count). The molecule has 0 saturated heterocycles. The highest BCUT2D eigenvalue weighted by atomic mass is 35.5. The number of halogens is 1. The van der Waals surface area contributed by atoms with Crippen molar-refractivity contribution in [2.24, 2.45) is 0 Å². The number of anilines is 1. The largest absolute Gasteiger partial charge is 0.352 e. The number of benzene rings is 1. The Labute approximate surface area is 160 Å². The number of carbonyl (C=O) groups excluding carboxylic acids is 2. The second kappa shape index (κ2) is 8.37. The molecule has 7 nitrogen and oxygen atoms in total. The number of carbonyl (C=O) groups is 2. The molecule has 0 atom stereocenters. The molecule has 0 fully saturated rings. The zero-order valence-electron chi connectivity index (χ0n) is 14.4. The van der Waals surface area contributed by atoms with E-state index in [0.717, 1.165) is 0 Å². The molecule has 8 heteroatoms. The minimum atomic E-state index is -0.397. The third-order valence-corrected chi connectivity index (χ3v) is 3.94. The zero-order chi connectivity index (χ0) is 19.2. The summed E-state index contributed by atoms with van der Waals surface area (Å²) < 4.78 is 0. The summed E-state index contributed by atoms with van der Waals surface area (Å²) in [4.78, 5) is 36.9. The Hall–Kier alpha value is -3.32. The molecule has 2 aromatic heterocycles. The first kappa shape index (κ1) is 18.5. The lowest BCUT2D eigenvalue weighted by atomic mass is 10.1. The van der Waals surface area contributed by atoms with Crippen molar-refractivity contribution < 1.29 is 9.59 Å². The van der Waals surface area contributed by atoms with Crippen LogP contribution in [0.3, 0.4) is 0 Å². The maximum atomic E-state index is 12.4. The van der Waals surface area contributed by atoms with Gasteiger partial charge in [0, 0.05) is 30.8 Å². The topological polar surface area (TPSA) is 96.9 Å². The molecule has 1 aromatic carbocycles. The van der Waals surface area contributed by atoms with E-state index in [0.29, 0.717) is 28.8 Å². The summed E-state index contributed by atoms with van der Waals surface area (Å²) in [5.41, 5.74) is 1.63. The average Bonchev–Trinajstić information content (AvgIpc) is 2.70. The Bertz CT molecular complexity index is 962. The van der Waals surface area contributed by atoms with E-state index in [4.69, 9.17) is 11.6 Å². The fourth-order valence-electron chi connectivity index (χ4n) is 2.31. The fourth-order valence-corrected chi connectivity index (χ4v) is 2.51. The van der Waals surface area contributed by atoms with Crippen LogP contribution in [0.2, 0.25) is 5.02 Å². The highest BCUT2D eigenvalue weighted by Crippen LogP contribution is 2.21. The number of hydrogen-bond donors (Lipinski definition) is 2. The molecule has 136 valence electrons. The van der Waals surface area contributed by atoms with Crippen molar-refractivity contribution in [2.75, 3.05) is 11.9 Å². The van der Waals surface area contributed by atoms with E-state index in [-0.39, 0.29) is 17.0 Å². The number of amides is 2. The molecule has 0 spiro atoms. The smallest absolute Gasteiger partial charge is 0.258 e. The van der Waals surface area contributed by atoms with E-state index >= 15 is 0 Å². The highest BCUT2D eigenvalue weighted by molar-refractivity contribution is 6.34. The molecule has 0 saturated carbocycles. The third kappa shape index (κ3) is 4.45. The molecule has 27 heavy (non-hydrogen) atoms. The van der Waals surface area contributed by atoms with Crippen LogP contribution in [0.5, 0.6) is 0 Å². The molecule has 2 heterocycles. The Morgan fingerprint density at radius 3 is 2.48 bits per heavy atom. The van der Waals surface area contributed by atoms with Crippen molar-refractivity contribution in [1.29, 1.82) is 0 Å². The summed E-state index contributed by atoms with van der Waals surface area (Å²) in [6, 6.07) is 10.1. The molecule has 0 aliphatic rings. The van der Waals surface area contributed by atoms with E-state index in [1.807, 2.05) is 13.0 Å². The molecule has 0 unspecified atom stereocenters. The average molecular weight is 382 g/mol. The molecule has 2 N–H and O–H groups in total. The summed E-state index contributed by atoms with van der Waals surface area (Å²) in [5, 5.41) is 5.69. The minimum absolute atomic E-state index is 0.282. The number of hydrogen-bond acceptors (Lipinski definition) is 5. The van der Waals surface area contributed by atoms with Gasteiger partial charge in [-0.05, 0) is 37.3 Å². The van der Waals surface area contributed by atoms with Crippen molar-refractivity contribution in [1.82, 2.24) is 20.3 Å². The van der Waals surface area contributed by atoms with Crippen LogP contribution in [-0.2, 0) is 0 Å². The lowest BCUT2D eigenvalue weighted by Crippen LogP contribution is -2.23. The van der Waals surface area contributed by atoms with E-state index in [2.05, 4.69) is 25.6 Å². The highest BCUT2D eigenvalue weighted by Gasteiger charge is 2.13. The van der Waals surface area contributed by atoms with Gasteiger partial charge in [0.25, 0.3) is 11.8 Å². The molecular formula is C19H16ClN5O2. The van der Waals surface area contributed by atoms with Gasteiger partial charge in [-0.2, -0.15) is 0 Å². The van der Waals surface area contributed by atoms with Crippen LogP contribution in [-0.4, -0.2) is 33.3 Å². The van der Waals surface area contributed by atoms with Crippen LogP contribution in [0.25, 0.3) is 11.5 Å². The predicted molar refractivity (Wildman–Crippen MR) is 103 cm³/mol. The van der Waals surface area contributed by atoms with Crippen molar-refractivity contribution >= 4 is 29.1 Å². The van der Waals surface area contributed by atoms with Gasteiger partial charge in [0.1, 0.15) is 5.69 Å². The minimum Gasteiger partial charge on any atom is -0.352 e. The van der Waals surface area contributed by atoms with Crippen molar-refractivity contribution in [3.63, 3.8) is 0 Å². The van der Waals surface area contributed by atoms with Gasteiger partial charge in [0.15, 0.2) is 5.82 Å². The first-order valence-corrected chi connectivity index (χ1v) is 8.59. The normalized spacial score (nSPS) is 10.3. The number of nitrogens with zero attached hydrogens (tertiary/aromatic N) is 3. The third-order valence-electron chi connectivity index (χ3n) is 3.61. The molecular weight excluding hydrogens is 366 g/mol. The molecule has 3 aromatic rings. The molecule has 0 aliphatic carbocycles. The first-order chi connectivity index (χ1) is 13.1. The van der Waals surface area contributed by atoms with Gasteiger partial charge in [-0.3, -0.25) is 14.6 Å². The van der Waals surface area contributed by atoms with Crippen LogP contribution >= 0.6 is 11.6 Å². The summed E-state index contributed by atoms with van der Waals surface area (Å²) in [6.07, 6.45) is 4.49. The molecule has 2 amide bonds. The Balaban J connectivity index is 1.75. The monoisotopic (exact) mass is 381 g/mol. The van der Waals surface area contributed by atoms with Crippen LogP contribution in [0, 0.1) is 0 Å². The van der Waals surface area contributed by atoms with Crippen LogP contribution in [0.15, 0.2) is 55.0 Å². The summed E-state index contributed by atoms with van der Waals surface area (Å²) >= 11 is 6.06. The SMILES string of the molecule is CCNC(=O)c1cc(NC(=O)c2cnc(-c3ccccn3)nc2)ccc1Cl. The van der Waals surface area contributed by atoms with Gasteiger partial charge < -0.3 is 10.6 Å². The molecule has 0 aliphatic heterocycles. The van der Waals surface area contributed by atoms with E-state index in [1.165, 1.54) is 18.5 Å². The van der Waals surface area contributed by atoms with Gasteiger partial charge >= 0.3 is 0 Å². The Morgan fingerprint density at radius 2 is 1.81 bits per heavy atom. The lowest BCUT2D eigenvalue weighted by Gasteiger charge is -2.09. The second-order valence-electron chi connectivity index (χ2n) is 5.52. The second-order valence-corrected chi connectivity index (χ2v) is 5.93. The molecule has 0 radical (unpaired) electrons. The van der Waals surface area contributed by atoms with Crippen molar-refractivity contribution in [3.8, 4) is 11.5 Å². The number of pyridine rings is 1. The first-order valence-electron chi connectivity index (χ1n) is 8.21. The maximum Gasteiger partial charge on any atom is 0.258 e. The fraction of sp³-hybridized carbons (Fsp3) is 0.105. The van der Waals surface area contributed by atoms with Gasteiger partial charge in [-0.25, -0.2) is 9.97 Å². The maximum absolute atomic E-state index is 12.4. The zero-order valence-corrected chi connectivity index (χ0v) is 15.2. The van der Waals surface area contributed by atoms with E-state index in [9.17, 15) is 9.59 Å². The Kier molecular flexibility index (Phi) is 5.73. The van der Waals surface area contributed by atoms with Crippen LogP contribution < -0.4 is 10.6 Å². The number of rotatable bonds is 5. The van der Waals surface area contributed by atoms with Gasteiger partial charge in [-0.1, -0.05) is 17.7 Å². The summed E-state index contributed by atoms with van der Waals surface area (Å²) in [7, 11) is 0. The van der Waals surface area contributed by atoms with Crippen LogP contribution in [0.1, 0.15) is 27.6 Å². The summed E-state index contributed by atoms with van der Waals surface area (Å²) in [5.74, 6) is -0.273. The lowest BCUT2D eigenvalue weighted by molar-refractivity contribution is 0.0954. The van der Waals surface area contributed by atoms with Gasteiger partial charge in [0.2, 0.25) is 0 Å². The summed E-state index contributed by atoms with van der Waals surface area (Å²) in [6.45, 7) is 2.29. The quantitative estimate of drug-likeness (QED) is 0.707. The number of aromatic nitrogens is 3. The van der Waals surface area contributed by atoms with Gasteiger partial charge in [0.05, 0.1) is 16.1 Å². The van der Waals surface area contributed by atoms with Gasteiger partial charge in [-0.15, -0.1) is 0 Å². The van der Waals surface area contributed by atoms with E-state index < -0.39 is 5.91 Å². The number of nitrogens with one attached hydrogen (secondary N) is 2. The molecule has 0 bridgehead atoms. The predicted octanol–water partition coefficient (Wildman–Crippen LogP) is 3.19. The Morgan fingerprint density at radius 1 is 1.04 bits per heavy atom.